The van der Waals surface area contributed by atoms with Gasteiger partial charge in [0, 0.05) is 45.6 Å². The van der Waals surface area contributed by atoms with Gasteiger partial charge in [-0.1, -0.05) is 0 Å². The monoisotopic (exact) mass is 329 g/mol. The second-order valence-electron chi connectivity index (χ2n) is 6.69. The first-order chi connectivity index (χ1) is 11.7. The Balaban J connectivity index is 1.44. The predicted octanol–water partition coefficient (Wildman–Crippen LogP) is 1.09. The number of rotatable bonds is 3. The molecule has 4 heterocycles. The molecule has 0 bridgehead atoms. The van der Waals surface area contributed by atoms with Crippen LogP contribution in [-0.2, 0) is 16.6 Å². The van der Waals surface area contributed by atoms with Crippen LogP contribution in [0.15, 0.2) is 18.6 Å². The number of hydrogen-bond acceptors (Lipinski definition) is 5. The minimum absolute atomic E-state index is 0.0292. The second-order valence-corrected chi connectivity index (χ2v) is 6.69. The van der Waals surface area contributed by atoms with Gasteiger partial charge >= 0.3 is 0 Å². The van der Waals surface area contributed by atoms with Gasteiger partial charge < -0.3 is 19.5 Å². The highest BCUT2D eigenvalue weighted by atomic mass is 16.5. The zero-order valence-corrected chi connectivity index (χ0v) is 13.9. The number of carbonyl (C=O) groups is 1. The van der Waals surface area contributed by atoms with Crippen LogP contribution in [0.4, 0.5) is 5.82 Å². The number of hydrogen-bond donors (Lipinski definition) is 1. The van der Waals surface area contributed by atoms with Gasteiger partial charge in [-0.2, -0.15) is 0 Å². The maximum Gasteiger partial charge on any atom is 0.225 e. The predicted molar refractivity (Wildman–Crippen MR) is 90.8 cm³/mol. The summed E-state index contributed by atoms with van der Waals surface area (Å²) >= 11 is 0. The molecule has 7 heteroatoms. The third-order valence-electron chi connectivity index (χ3n) is 5.07. The van der Waals surface area contributed by atoms with Gasteiger partial charge in [-0.15, -0.1) is 0 Å². The van der Waals surface area contributed by atoms with Gasteiger partial charge in [0.05, 0.1) is 11.3 Å². The highest BCUT2D eigenvalue weighted by molar-refractivity contribution is 5.88. The van der Waals surface area contributed by atoms with Crippen LogP contribution in [0.1, 0.15) is 19.3 Å². The van der Waals surface area contributed by atoms with Crippen LogP contribution in [0.25, 0.3) is 11.0 Å². The minimum atomic E-state index is 0.0292. The summed E-state index contributed by atoms with van der Waals surface area (Å²) < 4.78 is 7.34. The van der Waals surface area contributed by atoms with E-state index in [9.17, 15) is 4.79 Å². The van der Waals surface area contributed by atoms with Gasteiger partial charge in [-0.05, 0) is 25.3 Å². The summed E-state index contributed by atoms with van der Waals surface area (Å²) in [6.45, 7) is 3.06. The van der Waals surface area contributed by atoms with E-state index in [1.54, 1.807) is 6.33 Å². The van der Waals surface area contributed by atoms with Gasteiger partial charge in [0.2, 0.25) is 5.91 Å². The van der Waals surface area contributed by atoms with Crippen LogP contribution in [-0.4, -0.2) is 52.8 Å². The SMILES string of the molecule is Cn1ccc2c(N3CCC(C(=O)NC4CCOCC4)C3)ncnc21. The summed E-state index contributed by atoms with van der Waals surface area (Å²) in [6.07, 6.45) is 6.30. The molecular weight excluding hydrogens is 306 g/mol. The number of aryl methyl sites for hydroxylation is 1. The molecule has 0 saturated carbocycles. The first-order valence-corrected chi connectivity index (χ1v) is 8.61. The van der Waals surface area contributed by atoms with E-state index in [4.69, 9.17) is 4.74 Å². The molecule has 2 fully saturated rings. The normalized spacial score (nSPS) is 22.2. The lowest BCUT2D eigenvalue weighted by Crippen LogP contribution is -2.42. The van der Waals surface area contributed by atoms with Crippen LogP contribution in [0.3, 0.4) is 0 Å². The largest absolute Gasteiger partial charge is 0.381 e. The van der Waals surface area contributed by atoms with Crippen LogP contribution in [0, 0.1) is 5.92 Å². The maximum atomic E-state index is 12.5. The Labute approximate surface area is 141 Å². The Hall–Kier alpha value is -2.15. The van der Waals surface area contributed by atoms with Gasteiger partial charge in [0.15, 0.2) is 0 Å². The standard InChI is InChI=1S/C17H23N5O2/c1-21-6-3-14-15(21)18-11-19-16(14)22-7-2-12(10-22)17(23)20-13-4-8-24-9-5-13/h3,6,11-13H,2,4-5,7-10H2,1H3,(H,20,23). The summed E-state index contributed by atoms with van der Waals surface area (Å²) in [5, 5.41) is 4.24. The molecule has 7 nitrogen and oxygen atoms in total. The van der Waals surface area contributed by atoms with Crippen molar-refractivity contribution in [3.8, 4) is 0 Å². The summed E-state index contributed by atoms with van der Waals surface area (Å²) in [5.41, 5.74) is 0.926. The van der Waals surface area contributed by atoms with E-state index in [0.717, 1.165) is 62.4 Å². The molecule has 1 unspecified atom stereocenters. The molecule has 0 aromatic carbocycles. The Morgan fingerprint density at radius 1 is 1.29 bits per heavy atom. The molecular formula is C17H23N5O2. The van der Waals surface area contributed by atoms with Crippen LogP contribution >= 0.6 is 0 Å². The second kappa shape index (κ2) is 6.39. The molecule has 2 aromatic rings. The molecule has 1 N–H and O–H groups in total. The van der Waals surface area contributed by atoms with Gasteiger partial charge in [0.25, 0.3) is 0 Å². The molecule has 2 aliphatic rings. The molecule has 24 heavy (non-hydrogen) atoms. The third-order valence-corrected chi connectivity index (χ3v) is 5.07. The lowest BCUT2D eigenvalue weighted by Gasteiger charge is -2.24. The summed E-state index contributed by atoms with van der Waals surface area (Å²) in [7, 11) is 1.98. The van der Waals surface area contributed by atoms with Crippen LogP contribution < -0.4 is 10.2 Å². The molecule has 4 rings (SSSR count). The highest BCUT2D eigenvalue weighted by Crippen LogP contribution is 2.28. The molecule has 2 aromatic heterocycles. The van der Waals surface area contributed by atoms with Crippen molar-refractivity contribution < 1.29 is 9.53 Å². The molecule has 1 atom stereocenters. The lowest BCUT2D eigenvalue weighted by atomic mass is 10.1. The number of aromatic nitrogens is 3. The zero-order valence-electron chi connectivity index (χ0n) is 13.9. The smallest absolute Gasteiger partial charge is 0.225 e. The number of carbonyl (C=O) groups excluding carboxylic acids is 1. The first kappa shape index (κ1) is 15.4. The molecule has 0 spiro atoms. The highest BCUT2D eigenvalue weighted by Gasteiger charge is 2.31. The number of anilines is 1. The molecule has 128 valence electrons. The van der Waals surface area contributed by atoms with E-state index in [-0.39, 0.29) is 17.9 Å². The molecule has 2 saturated heterocycles. The molecule has 2 aliphatic heterocycles. The fourth-order valence-corrected chi connectivity index (χ4v) is 3.64. The summed E-state index contributed by atoms with van der Waals surface area (Å²) in [6, 6.07) is 2.31. The number of nitrogens with one attached hydrogen (secondary N) is 1. The average Bonchev–Trinajstić information content (AvgIpc) is 3.23. The zero-order chi connectivity index (χ0) is 16.5. The molecule has 0 aliphatic carbocycles. The number of fused-ring (bicyclic) bond motifs is 1. The molecule has 1 amide bonds. The van der Waals surface area contributed by atoms with Crippen molar-refractivity contribution in [1.82, 2.24) is 19.9 Å². The van der Waals surface area contributed by atoms with Crippen LogP contribution in [0.2, 0.25) is 0 Å². The van der Waals surface area contributed by atoms with Crippen molar-refractivity contribution in [3.63, 3.8) is 0 Å². The quantitative estimate of drug-likeness (QED) is 0.913. The summed E-state index contributed by atoms with van der Waals surface area (Å²) in [4.78, 5) is 23.6. The van der Waals surface area contributed by atoms with E-state index in [1.807, 2.05) is 23.9 Å². The van der Waals surface area contributed by atoms with E-state index in [1.165, 1.54) is 0 Å². The van der Waals surface area contributed by atoms with Gasteiger partial charge in [-0.25, -0.2) is 9.97 Å². The topological polar surface area (TPSA) is 72.3 Å². The van der Waals surface area contributed by atoms with Crippen LogP contribution in [0.5, 0.6) is 0 Å². The number of ether oxygens (including phenoxy) is 1. The van der Waals surface area contributed by atoms with Crippen molar-refractivity contribution in [2.75, 3.05) is 31.2 Å². The molecule has 0 radical (unpaired) electrons. The summed E-state index contributed by atoms with van der Waals surface area (Å²) in [5.74, 6) is 1.13. The first-order valence-electron chi connectivity index (χ1n) is 8.61. The van der Waals surface area contributed by atoms with Crippen molar-refractivity contribution in [1.29, 1.82) is 0 Å². The van der Waals surface area contributed by atoms with Crippen molar-refractivity contribution in [3.05, 3.63) is 18.6 Å². The van der Waals surface area contributed by atoms with E-state index in [0.29, 0.717) is 0 Å². The Morgan fingerprint density at radius 2 is 2.12 bits per heavy atom. The average molecular weight is 329 g/mol. The third kappa shape index (κ3) is 2.84. The van der Waals surface area contributed by atoms with Crippen molar-refractivity contribution >= 4 is 22.8 Å². The fraction of sp³-hybridized carbons (Fsp3) is 0.588. The maximum absolute atomic E-state index is 12.5. The number of nitrogens with zero attached hydrogens (tertiary/aromatic N) is 4. The lowest BCUT2D eigenvalue weighted by molar-refractivity contribution is -0.125. The van der Waals surface area contributed by atoms with Crippen molar-refractivity contribution in [2.45, 2.75) is 25.3 Å². The van der Waals surface area contributed by atoms with E-state index in [2.05, 4.69) is 20.2 Å². The van der Waals surface area contributed by atoms with E-state index < -0.39 is 0 Å². The fourth-order valence-electron chi connectivity index (χ4n) is 3.64. The van der Waals surface area contributed by atoms with Gasteiger partial charge in [-0.3, -0.25) is 4.79 Å². The van der Waals surface area contributed by atoms with Gasteiger partial charge in [0.1, 0.15) is 17.8 Å². The number of amides is 1. The Morgan fingerprint density at radius 3 is 2.96 bits per heavy atom. The minimum Gasteiger partial charge on any atom is -0.381 e. The Bertz CT molecular complexity index is 738. The Kier molecular flexibility index (Phi) is 4.10. The van der Waals surface area contributed by atoms with Crippen molar-refractivity contribution in [2.24, 2.45) is 13.0 Å². The van der Waals surface area contributed by atoms with E-state index >= 15 is 0 Å².